The summed E-state index contributed by atoms with van der Waals surface area (Å²) in [6, 6.07) is 10.0. The lowest BCUT2D eigenvalue weighted by atomic mass is 9.88. The summed E-state index contributed by atoms with van der Waals surface area (Å²) < 4.78 is 19.8. The van der Waals surface area contributed by atoms with Crippen LogP contribution in [0.2, 0.25) is 0 Å². The van der Waals surface area contributed by atoms with E-state index in [0.29, 0.717) is 6.54 Å². The largest absolute Gasteiger partial charge is 0.468 e. The Morgan fingerprint density at radius 3 is 2.79 bits per heavy atom. The summed E-state index contributed by atoms with van der Waals surface area (Å²) in [7, 11) is 1.22. The Morgan fingerprint density at radius 2 is 2.11 bits per heavy atom. The number of carbonyl (C=O) groups excluding carboxylic acids is 2. The van der Waals surface area contributed by atoms with Gasteiger partial charge in [-0.1, -0.05) is 36.9 Å². The molecule has 0 bridgehead atoms. The number of esters is 1. The number of carbonyl (C=O) groups is 2. The van der Waals surface area contributed by atoms with Crippen molar-refractivity contribution in [2.75, 3.05) is 20.2 Å². The average Bonchev–Trinajstić information content (AvgIpc) is 3.25. The molecule has 0 saturated carbocycles. The van der Waals surface area contributed by atoms with Crippen molar-refractivity contribution in [1.82, 2.24) is 10.2 Å². The van der Waals surface area contributed by atoms with Crippen LogP contribution in [-0.4, -0.2) is 37.0 Å². The van der Waals surface area contributed by atoms with E-state index in [4.69, 9.17) is 4.74 Å². The molecule has 2 aliphatic rings. The molecular weight excluding hydrogens is 359 g/mol. The molecule has 1 amide bonds. The predicted molar refractivity (Wildman–Crippen MR) is 105 cm³/mol. The number of methoxy groups -OCH3 is 1. The van der Waals surface area contributed by atoms with E-state index >= 15 is 4.39 Å². The Balaban J connectivity index is 1.79. The summed E-state index contributed by atoms with van der Waals surface area (Å²) >= 11 is 0. The van der Waals surface area contributed by atoms with E-state index in [1.807, 2.05) is 37.3 Å². The molecule has 6 heteroatoms. The first kappa shape index (κ1) is 19.9. The van der Waals surface area contributed by atoms with Crippen molar-refractivity contribution >= 4 is 11.9 Å². The summed E-state index contributed by atoms with van der Waals surface area (Å²) in [5.41, 5.74) is 3.22. The second-order valence-electron chi connectivity index (χ2n) is 7.19. The van der Waals surface area contributed by atoms with Crippen LogP contribution in [0.1, 0.15) is 18.9 Å². The number of allylic oxidation sites excluding steroid dienone is 2. The third-order valence-corrected chi connectivity index (χ3v) is 5.40. The van der Waals surface area contributed by atoms with Crippen LogP contribution in [-0.2, 0) is 20.9 Å². The van der Waals surface area contributed by atoms with Crippen LogP contribution in [0.4, 0.5) is 4.39 Å². The van der Waals surface area contributed by atoms with Gasteiger partial charge in [0.2, 0.25) is 5.91 Å². The average molecular weight is 384 g/mol. The van der Waals surface area contributed by atoms with Gasteiger partial charge in [0, 0.05) is 31.2 Å². The summed E-state index contributed by atoms with van der Waals surface area (Å²) in [5.74, 6) is -3.34. The number of halogens is 1. The van der Waals surface area contributed by atoms with E-state index in [1.165, 1.54) is 13.2 Å². The highest BCUT2D eigenvalue weighted by atomic mass is 19.1. The number of nitrogens with one attached hydrogen (secondary N) is 1. The Labute approximate surface area is 164 Å². The Hall–Kier alpha value is -2.89. The Bertz CT molecular complexity index is 845. The quantitative estimate of drug-likeness (QED) is 0.465. The van der Waals surface area contributed by atoms with E-state index in [0.717, 1.165) is 29.8 Å². The van der Waals surface area contributed by atoms with Crippen molar-refractivity contribution in [2.24, 2.45) is 11.8 Å². The lowest BCUT2D eigenvalue weighted by molar-refractivity contribution is -0.149. The van der Waals surface area contributed by atoms with Gasteiger partial charge in [0.25, 0.3) is 0 Å². The maximum Gasteiger partial charge on any atom is 0.318 e. The Kier molecular flexibility index (Phi) is 5.97. The zero-order chi connectivity index (χ0) is 20.3. The van der Waals surface area contributed by atoms with Crippen LogP contribution in [0.25, 0.3) is 0 Å². The topological polar surface area (TPSA) is 58.6 Å². The van der Waals surface area contributed by atoms with Gasteiger partial charge in [-0.2, -0.15) is 0 Å². The molecule has 1 aromatic rings. The van der Waals surface area contributed by atoms with E-state index in [2.05, 4.69) is 16.8 Å². The van der Waals surface area contributed by atoms with Crippen LogP contribution in [0, 0.1) is 11.8 Å². The molecule has 1 saturated heterocycles. The molecule has 1 fully saturated rings. The first-order valence-electron chi connectivity index (χ1n) is 9.33. The van der Waals surface area contributed by atoms with Gasteiger partial charge in [0.05, 0.1) is 7.11 Å². The van der Waals surface area contributed by atoms with Crippen LogP contribution < -0.4 is 5.32 Å². The summed E-state index contributed by atoms with van der Waals surface area (Å²) in [5, 5.41) is 2.60. The zero-order valence-corrected chi connectivity index (χ0v) is 16.2. The van der Waals surface area contributed by atoms with Crippen LogP contribution >= 0.6 is 0 Å². The Morgan fingerprint density at radius 1 is 1.39 bits per heavy atom. The highest BCUT2D eigenvalue weighted by molar-refractivity contribution is 6.00. The highest BCUT2D eigenvalue weighted by Crippen LogP contribution is 2.33. The lowest BCUT2D eigenvalue weighted by Crippen LogP contribution is -2.29. The smallest absolute Gasteiger partial charge is 0.318 e. The zero-order valence-electron chi connectivity index (χ0n) is 16.2. The molecule has 2 heterocycles. The molecule has 0 spiro atoms. The number of nitrogens with zero attached hydrogens (tertiary/aromatic N) is 1. The van der Waals surface area contributed by atoms with Gasteiger partial charge in [-0.05, 0) is 36.1 Å². The number of amides is 1. The molecule has 2 atom stereocenters. The second kappa shape index (κ2) is 8.42. The van der Waals surface area contributed by atoms with Crippen molar-refractivity contribution in [1.29, 1.82) is 0 Å². The molecule has 148 valence electrons. The highest BCUT2D eigenvalue weighted by Gasteiger charge is 2.43. The van der Waals surface area contributed by atoms with Crippen molar-refractivity contribution in [2.45, 2.75) is 19.9 Å². The molecule has 28 heavy (non-hydrogen) atoms. The number of benzene rings is 1. The number of hydrogen-bond donors (Lipinski definition) is 1. The minimum absolute atomic E-state index is 0.139. The molecule has 0 radical (unpaired) electrons. The van der Waals surface area contributed by atoms with E-state index in [9.17, 15) is 9.59 Å². The maximum absolute atomic E-state index is 15.1. The molecule has 0 aliphatic carbocycles. The van der Waals surface area contributed by atoms with Crippen molar-refractivity contribution in [3.8, 4) is 0 Å². The normalized spacial score (nSPS) is 22.5. The molecule has 5 nitrogen and oxygen atoms in total. The summed E-state index contributed by atoms with van der Waals surface area (Å²) in [6.07, 6.45) is 2.34. The van der Waals surface area contributed by atoms with Crippen molar-refractivity contribution < 1.29 is 18.7 Å². The second-order valence-corrected chi connectivity index (χ2v) is 7.19. The summed E-state index contributed by atoms with van der Waals surface area (Å²) in [4.78, 5) is 26.0. The third-order valence-electron chi connectivity index (χ3n) is 5.40. The molecule has 1 N–H and O–H groups in total. The van der Waals surface area contributed by atoms with Crippen LogP contribution in [0.5, 0.6) is 0 Å². The van der Waals surface area contributed by atoms with Gasteiger partial charge in [0.15, 0.2) is 0 Å². The first-order chi connectivity index (χ1) is 13.4. The number of rotatable bonds is 6. The van der Waals surface area contributed by atoms with Crippen LogP contribution in [0.15, 0.2) is 65.7 Å². The van der Waals surface area contributed by atoms with E-state index in [1.54, 1.807) is 0 Å². The number of ether oxygens (including phenoxy) is 1. The maximum atomic E-state index is 15.1. The predicted octanol–water partition coefficient (Wildman–Crippen LogP) is 3.11. The minimum atomic E-state index is -1.06. The standard InChI is InChI=1S/C22H25FN2O3/c1-14-9-10-25(13-16-7-5-4-6-8-16)19(14)11-18(23)15(2)17-12-24-21(26)20(17)22(27)28-3/h4-8,11,17,20H,2,9-10,12-13H2,1,3H3,(H,24,26)/b18-11+/t17-,20-/m0/s1. The molecule has 0 aromatic heterocycles. The minimum Gasteiger partial charge on any atom is -0.468 e. The fourth-order valence-electron chi connectivity index (χ4n) is 3.74. The first-order valence-corrected chi connectivity index (χ1v) is 9.33. The van der Waals surface area contributed by atoms with Gasteiger partial charge >= 0.3 is 5.97 Å². The van der Waals surface area contributed by atoms with Gasteiger partial charge in [0.1, 0.15) is 11.7 Å². The fraction of sp³-hybridized carbons (Fsp3) is 0.364. The van der Waals surface area contributed by atoms with Gasteiger partial charge < -0.3 is 15.0 Å². The van der Waals surface area contributed by atoms with Gasteiger partial charge in [-0.15, -0.1) is 0 Å². The van der Waals surface area contributed by atoms with E-state index < -0.39 is 29.5 Å². The lowest BCUT2D eigenvalue weighted by Gasteiger charge is -2.22. The fourth-order valence-corrected chi connectivity index (χ4v) is 3.74. The number of hydrogen-bond acceptors (Lipinski definition) is 4. The van der Waals surface area contributed by atoms with E-state index in [-0.39, 0.29) is 12.1 Å². The molecule has 0 unspecified atom stereocenters. The molecule has 1 aromatic carbocycles. The van der Waals surface area contributed by atoms with Crippen molar-refractivity contribution in [3.63, 3.8) is 0 Å². The SMILES string of the molecule is C=C(/C(F)=C\C1=C(C)CCN1Cc1ccccc1)[C@@H]1CNC(=O)[C@H]1C(=O)OC. The van der Waals surface area contributed by atoms with Crippen molar-refractivity contribution in [3.05, 3.63) is 71.2 Å². The monoisotopic (exact) mass is 384 g/mol. The molecule has 2 aliphatic heterocycles. The summed E-state index contributed by atoms with van der Waals surface area (Å²) in [6.45, 7) is 7.50. The molecular formula is C22H25FN2O3. The van der Waals surface area contributed by atoms with Gasteiger partial charge in [-0.3, -0.25) is 9.59 Å². The third kappa shape index (κ3) is 4.01. The van der Waals surface area contributed by atoms with Crippen LogP contribution in [0.3, 0.4) is 0 Å². The van der Waals surface area contributed by atoms with Gasteiger partial charge in [-0.25, -0.2) is 4.39 Å². The molecule has 3 rings (SSSR count).